The molecule has 0 amide bonds. The number of ketones is 1. The highest BCUT2D eigenvalue weighted by Crippen LogP contribution is 2.24. The minimum atomic E-state index is -1.91. The molecule has 0 aliphatic carbocycles. The van der Waals surface area contributed by atoms with Crippen molar-refractivity contribution in [1.82, 2.24) is 19.6 Å². The molecular weight excluding hydrogens is 351 g/mol. The Morgan fingerprint density at radius 3 is 1.81 bits per heavy atom. The fourth-order valence-corrected chi connectivity index (χ4v) is 4.30. The third-order valence-corrected chi connectivity index (χ3v) is 6.10. The predicted octanol–water partition coefficient (Wildman–Crippen LogP) is 0.481. The summed E-state index contributed by atoms with van der Waals surface area (Å²) in [6.07, 6.45) is 2.47. The van der Waals surface area contributed by atoms with Crippen LogP contribution in [0.3, 0.4) is 0 Å². The van der Waals surface area contributed by atoms with E-state index in [0.717, 1.165) is 78.3 Å². The standard InChI is InChI=1S/C18H37N4O3P/c1-17(2)18(23)15-21-7-3-5-19-9-11-20(12-10-19)6-4-8-22(14-13-21)16-26(24)25/h17,24-25H,3-16H2,1-2H3. The van der Waals surface area contributed by atoms with Crippen molar-refractivity contribution in [2.24, 2.45) is 5.92 Å². The van der Waals surface area contributed by atoms with Gasteiger partial charge in [-0.25, -0.2) is 0 Å². The first-order valence-electron chi connectivity index (χ1n) is 10.0. The molecule has 3 aliphatic heterocycles. The number of nitrogens with zero attached hydrogens (tertiary/aromatic N) is 4. The van der Waals surface area contributed by atoms with Crippen molar-refractivity contribution >= 4 is 14.2 Å². The summed E-state index contributed by atoms with van der Waals surface area (Å²) in [5.41, 5.74) is 0. The lowest BCUT2D eigenvalue weighted by molar-refractivity contribution is -0.123. The molecule has 3 fully saturated rings. The molecule has 0 aromatic rings. The van der Waals surface area contributed by atoms with Crippen LogP contribution >= 0.6 is 8.38 Å². The summed E-state index contributed by atoms with van der Waals surface area (Å²) in [6, 6.07) is 0. The van der Waals surface area contributed by atoms with E-state index in [1.165, 1.54) is 0 Å². The minimum Gasteiger partial charge on any atom is -0.349 e. The van der Waals surface area contributed by atoms with Crippen LogP contribution in [0.1, 0.15) is 26.7 Å². The number of hydrogen-bond acceptors (Lipinski definition) is 7. The van der Waals surface area contributed by atoms with Gasteiger partial charge in [0, 0.05) is 45.2 Å². The lowest BCUT2D eigenvalue weighted by atomic mass is 10.1. The molecule has 7 nitrogen and oxygen atoms in total. The number of piperazine rings is 1. The molecule has 3 aliphatic rings. The molecule has 26 heavy (non-hydrogen) atoms. The van der Waals surface area contributed by atoms with Crippen LogP contribution in [0.2, 0.25) is 0 Å². The van der Waals surface area contributed by atoms with Gasteiger partial charge in [0.1, 0.15) is 5.78 Å². The smallest absolute Gasteiger partial charge is 0.180 e. The maximum absolute atomic E-state index is 12.2. The van der Waals surface area contributed by atoms with Gasteiger partial charge in [-0.15, -0.1) is 0 Å². The molecule has 0 atom stereocenters. The van der Waals surface area contributed by atoms with Gasteiger partial charge in [0.25, 0.3) is 0 Å². The van der Waals surface area contributed by atoms with E-state index in [1.54, 1.807) is 0 Å². The van der Waals surface area contributed by atoms with Crippen LogP contribution in [0.25, 0.3) is 0 Å². The van der Waals surface area contributed by atoms with E-state index in [-0.39, 0.29) is 11.7 Å². The van der Waals surface area contributed by atoms with Gasteiger partial charge < -0.3 is 19.6 Å². The van der Waals surface area contributed by atoms with Gasteiger partial charge in [-0.3, -0.25) is 14.6 Å². The minimum absolute atomic E-state index is 0.0648. The van der Waals surface area contributed by atoms with Crippen molar-refractivity contribution in [3.8, 4) is 0 Å². The number of Topliss-reactive ketones (excluding diaryl/α,β-unsaturated/α-hetero) is 1. The molecule has 8 heteroatoms. The summed E-state index contributed by atoms with van der Waals surface area (Å²) in [6.45, 7) is 14.5. The zero-order valence-corrected chi connectivity index (χ0v) is 17.4. The number of hydrogen-bond donors (Lipinski definition) is 2. The zero-order chi connectivity index (χ0) is 18.9. The van der Waals surface area contributed by atoms with Crippen LogP contribution in [-0.4, -0.2) is 113 Å². The van der Waals surface area contributed by atoms with Crippen LogP contribution in [0.4, 0.5) is 0 Å². The normalized spacial score (nSPS) is 27.8. The topological polar surface area (TPSA) is 70.5 Å². The number of carbonyl (C=O) groups is 1. The fourth-order valence-electron chi connectivity index (χ4n) is 3.66. The average molecular weight is 388 g/mol. The maximum atomic E-state index is 12.2. The largest absolute Gasteiger partial charge is 0.349 e. The summed E-state index contributed by atoms with van der Waals surface area (Å²) < 4.78 is 0. The fraction of sp³-hybridized carbons (Fsp3) is 0.944. The third-order valence-electron chi connectivity index (χ3n) is 5.44. The van der Waals surface area contributed by atoms with E-state index in [9.17, 15) is 14.6 Å². The lowest BCUT2D eigenvalue weighted by Crippen LogP contribution is -2.48. The number of rotatable bonds is 5. The molecule has 2 bridgehead atoms. The predicted molar refractivity (Wildman–Crippen MR) is 106 cm³/mol. The Morgan fingerprint density at radius 1 is 0.808 bits per heavy atom. The molecule has 3 saturated heterocycles. The third kappa shape index (κ3) is 8.26. The van der Waals surface area contributed by atoms with E-state index in [2.05, 4.69) is 19.6 Å². The molecule has 2 N–H and O–H groups in total. The second-order valence-corrected chi connectivity index (χ2v) is 8.95. The Balaban J connectivity index is 1.97. The first-order chi connectivity index (χ1) is 12.4. The van der Waals surface area contributed by atoms with Crippen molar-refractivity contribution in [1.29, 1.82) is 0 Å². The molecule has 0 unspecified atom stereocenters. The van der Waals surface area contributed by atoms with Crippen LogP contribution in [0.15, 0.2) is 0 Å². The molecule has 0 spiro atoms. The molecule has 0 aromatic carbocycles. The van der Waals surface area contributed by atoms with Crippen molar-refractivity contribution in [3.63, 3.8) is 0 Å². The quantitative estimate of drug-likeness (QED) is 0.664. The van der Waals surface area contributed by atoms with Crippen LogP contribution in [-0.2, 0) is 4.79 Å². The maximum Gasteiger partial charge on any atom is 0.180 e. The Bertz CT molecular complexity index is 417. The van der Waals surface area contributed by atoms with Gasteiger partial charge in [0.15, 0.2) is 8.38 Å². The monoisotopic (exact) mass is 388 g/mol. The highest BCUT2D eigenvalue weighted by molar-refractivity contribution is 7.44. The van der Waals surface area contributed by atoms with E-state index in [4.69, 9.17) is 0 Å². The molecule has 3 rings (SSSR count). The summed E-state index contributed by atoms with van der Waals surface area (Å²) in [4.78, 5) is 40.6. The highest BCUT2D eigenvalue weighted by atomic mass is 31.2. The number of carbonyl (C=O) groups excluding carboxylic acids is 1. The molecular formula is C18H37N4O3P. The highest BCUT2D eigenvalue weighted by Gasteiger charge is 2.20. The molecule has 152 valence electrons. The SMILES string of the molecule is CC(C)C(=O)CN1CCCN2CCN(CCCN(CP(O)O)CC1)CC2. The van der Waals surface area contributed by atoms with Crippen molar-refractivity contribution < 1.29 is 14.6 Å². The summed E-state index contributed by atoms with van der Waals surface area (Å²) >= 11 is 0. The van der Waals surface area contributed by atoms with Crippen LogP contribution < -0.4 is 0 Å². The van der Waals surface area contributed by atoms with Gasteiger partial charge in [-0.05, 0) is 39.0 Å². The van der Waals surface area contributed by atoms with Gasteiger partial charge in [0.05, 0.1) is 12.8 Å². The zero-order valence-electron chi connectivity index (χ0n) is 16.5. The molecule has 0 aromatic heterocycles. The van der Waals surface area contributed by atoms with E-state index in [0.29, 0.717) is 12.8 Å². The van der Waals surface area contributed by atoms with Crippen LogP contribution in [0, 0.1) is 5.92 Å². The Labute approximate surface area is 159 Å². The summed E-state index contributed by atoms with van der Waals surface area (Å²) in [7, 11) is -1.91. The van der Waals surface area contributed by atoms with Crippen molar-refractivity contribution in [2.75, 3.05) is 78.3 Å². The van der Waals surface area contributed by atoms with E-state index < -0.39 is 8.38 Å². The second-order valence-electron chi connectivity index (χ2n) is 7.92. The summed E-state index contributed by atoms with van der Waals surface area (Å²) in [5, 5.41) is 0. The van der Waals surface area contributed by atoms with Crippen LogP contribution in [0.5, 0.6) is 0 Å². The molecule has 0 radical (unpaired) electrons. The average Bonchev–Trinajstić information content (AvgIpc) is 2.59. The first-order valence-corrected chi connectivity index (χ1v) is 11.4. The van der Waals surface area contributed by atoms with Crippen molar-refractivity contribution in [3.05, 3.63) is 0 Å². The Kier molecular flexibility index (Phi) is 9.92. The lowest BCUT2D eigenvalue weighted by Gasteiger charge is -2.36. The van der Waals surface area contributed by atoms with Gasteiger partial charge >= 0.3 is 0 Å². The van der Waals surface area contributed by atoms with Gasteiger partial charge in [-0.2, -0.15) is 0 Å². The van der Waals surface area contributed by atoms with E-state index in [1.807, 2.05) is 13.8 Å². The number of fused-ring (bicyclic) bond motifs is 11. The molecule has 0 saturated carbocycles. The van der Waals surface area contributed by atoms with E-state index >= 15 is 0 Å². The van der Waals surface area contributed by atoms with Gasteiger partial charge in [-0.1, -0.05) is 13.8 Å². The second kappa shape index (κ2) is 11.6. The van der Waals surface area contributed by atoms with Gasteiger partial charge in [0.2, 0.25) is 0 Å². The molecule has 3 heterocycles. The summed E-state index contributed by atoms with van der Waals surface area (Å²) in [5.74, 6) is 0.354. The Morgan fingerprint density at radius 2 is 1.31 bits per heavy atom. The van der Waals surface area contributed by atoms with Crippen molar-refractivity contribution in [2.45, 2.75) is 26.7 Å². The first kappa shape index (κ1) is 22.2. The Hall–Kier alpha value is -0.140.